The van der Waals surface area contributed by atoms with Gasteiger partial charge in [-0.25, -0.2) is 4.79 Å². The molecule has 3 rings (SSSR count). The SMILES string of the molecule is CC(C)n1c(=O)c2nscc2n(CC(=O)Nc2cccc(Br)c2)c1=O. The van der Waals surface area contributed by atoms with Crippen LogP contribution in [0.25, 0.3) is 11.0 Å². The molecule has 0 unspecified atom stereocenters. The topological polar surface area (TPSA) is 86.0 Å². The molecule has 1 aromatic carbocycles. The Morgan fingerprint density at radius 1 is 1.36 bits per heavy atom. The van der Waals surface area contributed by atoms with Gasteiger partial charge in [0.05, 0.1) is 5.52 Å². The zero-order valence-corrected chi connectivity index (χ0v) is 15.9. The van der Waals surface area contributed by atoms with E-state index in [1.54, 1.807) is 37.4 Å². The van der Waals surface area contributed by atoms with Crippen LogP contribution in [-0.4, -0.2) is 19.4 Å². The first-order chi connectivity index (χ1) is 11.9. The van der Waals surface area contributed by atoms with Crippen molar-refractivity contribution < 1.29 is 4.79 Å². The maximum Gasteiger partial charge on any atom is 0.332 e. The molecule has 9 heteroatoms. The standard InChI is InChI=1S/C16H15BrN4O3S/c1-9(2)21-15(23)14-12(8-25-19-14)20(16(21)24)7-13(22)18-11-5-3-4-10(17)6-11/h3-6,8-9H,7H2,1-2H3,(H,18,22). The number of anilines is 1. The van der Waals surface area contributed by atoms with E-state index in [1.807, 2.05) is 6.07 Å². The van der Waals surface area contributed by atoms with Crippen LogP contribution in [0, 0.1) is 0 Å². The van der Waals surface area contributed by atoms with Gasteiger partial charge >= 0.3 is 5.69 Å². The molecule has 1 amide bonds. The molecule has 1 N–H and O–H groups in total. The molecule has 0 aliphatic carbocycles. The van der Waals surface area contributed by atoms with Crippen LogP contribution in [0.4, 0.5) is 5.69 Å². The van der Waals surface area contributed by atoms with Crippen LogP contribution in [0.2, 0.25) is 0 Å². The maximum absolute atomic E-state index is 12.7. The predicted molar refractivity (Wildman–Crippen MR) is 101 cm³/mol. The van der Waals surface area contributed by atoms with Gasteiger partial charge in [0.1, 0.15) is 6.54 Å². The highest BCUT2D eigenvalue weighted by molar-refractivity contribution is 9.10. The second-order valence-corrected chi connectivity index (χ2v) is 7.29. The average Bonchev–Trinajstić information content (AvgIpc) is 3.01. The number of fused-ring (bicyclic) bond motifs is 1. The molecule has 2 heterocycles. The van der Waals surface area contributed by atoms with Crippen molar-refractivity contribution in [3.05, 3.63) is 55.0 Å². The zero-order chi connectivity index (χ0) is 18.1. The van der Waals surface area contributed by atoms with Crippen molar-refractivity contribution in [2.24, 2.45) is 0 Å². The lowest BCUT2D eigenvalue weighted by Crippen LogP contribution is -2.42. The normalized spacial score (nSPS) is 11.2. The summed E-state index contributed by atoms with van der Waals surface area (Å²) in [7, 11) is 0. The van der Waals surface area contributed by atoms with Crippen molar-refractivity contribution in [1.29, 1.82) is 0 Å². The first-order valence-corrected chi connectivity index (χ1v) is 9.16. The van der Waals surface area contributed by atoms with Gasteiger partial charge in [-0.1, -0.05) is 22.0 Å². The van der Waals surface area contributed by atoms with Gasteiger partial charge in [-0.15, -0.1) is 0 Å². The number of carbonyl (C=O) groups is 1. The summed E-state index contributed by atoms with van der Waals surface area (Å²) in [5.74, 6) is -0.360. The van der Waals surface area contributed by atoms with Crippen LogP contribution in [-0.2, 0) is 11.3 Å². The van der Waals surface area contributed by atoms with Crippen molar-refractivity contribution in [2.45, 2.75) is 26.4 Å². The minimum absolute atomic E-state index is 0.201. The maximum atomic E-state index is 12.7. The minimum Gasteiger partial charge on any atom is -0.324 e. The molecule has 2 aromatic heterocycles. The van der Waals surface area contributed by atoms with Crippen molar-refractivity contribution in [1.82, 2.24) is 13.5 Å². The third-order valence-electron chi connectivity index (χ3n) is 3.63. The van der Waals surface area contributed by atoms with Crippen molar-refractivity contribution in [2.75, 3.05) is 5.32 Å². The Hall–Kier alpha value is -2.26. The fourth-order valence-corrected chi connectivity index (χ4v) is 3.59. The molecule has 0 atom stereocenters. The quantitative estimate of drug-likeness (QED) is 0.699. The van der Waals surface area contributed by atoms with Gasteiger partial charge in [0, 0.05) is 21.6 Å². The highest BCUT2D eigenvalue weighted by Crippen LogP contribution is 2.16. The van der Waals surface area contributed by atoms with Gasteiger partial charge in [0.2, 0.25) is 5.91 Å². The number of carbonyl (C=O) groups excluding carboxylic acids is 1. The van der Waals surface area contributed by atoms with Gasteiger partial charge in [0.25, 0.3) is 5.56 Å². The van der Waals surface area contributed by atoms with E-state index in [1.165, 1.54) is 4.57 Å². The monoisotopic (exact) mass is 422 g/mol. The summed E-state index contributed by atoms with van der Waals surface area (Å²) in [5.41, 5.74) is 0.246. The summed E-state index contributed by atoms with van der Waals surface area (Å²) in [4.78, 5) is 37.5. The molecule has 25 heavy (non-hydrogen) atoms. The lowest BCUT2D eigenvalue weighted by atomic mass is 10.3. The highest BCUT2D eigenvalue weighted by atomic mass is 79.9. The van der Waals surface area contributed by atoms with Gasteiger partial charge in [-0.05, 0) is 43.6 Å². The third-order valence-corrected chi connectivity index (χ3v) is 4.74. The lowest BCUT2D eigenvalue weighted by Gasteiger charge is -2.14. The number of nitrogens with zero attached hydrogens (tertiary/aromatic N) is 3. The molecule has 0 bridgehead atoms. The Morgan fingerprint density at radius 3 is 2.80 bits per heavy atom. The summed E-state index contributed by atoms with van der Waals surface area (Å²) in [6.07, 6.45) is 0. The Balaban J connectivity index is 2.01. The number of aromatic nitrogens is 3. The van der Waals surface area contributed by atoms with Crippen molar-refractivity contribution in [3.63, 3.8) is 0 Å². The molecule has 0 saturated carbocycles. The molecular formula is C16H15BrN4O3S. The Bertz CT molecular complexity index is 1070. The number of benzene rings is 1. The van der Waals surface area contributed by atoms with Crippen LogP contribution < -0.4 is 16.6 Å². The van der Waals surface area contributed by atoms with E-state index in [0.29, 0.717) is 11.2 Å². The lowest BCUT2D eigenvalue weighted by molar-refractivity contribution is -0.116. The molecule has 0 spiro atoms. The molecule has 0 saturated heterocycles. The van der Waals surface area contributed by atoms with Crippen LogP contribution in [0.3, 0.4) is 0 Å². The van der Waals surface area contributed by atoms with Crippen molar-refractivity contribution >= 4 is 50.1 Å². The first-order valence-electron chi connectivity index (χ1n) is 7.53. The van der Waals surface area contributed by atoms with E-state index in [-0.39, 0.29) is 24.0 Å². The van der Waals surface area contributed by atoms with E-state index in [0.717, 1.165) is 20.6 Å². The molecule has 0 aliphatic rings. The van der Waals surface area contributed by atoms with Crippen LogP contribution in [0.5, 0.6) is 0 Å². The van der Waals surface area contributed by atoms with Crippen LogP contribution in [0.15, 0.2) is 43.7 Å². The number of nitrogens with one attached hydrogen (secondary N) is 1. The fourth-order valence-electron chi connectivity index (χ4n) is 2.52. The predicted octanol–water partition coefficient (Wildman–Crippen LogP) is 2.60. The number of hydrogen-bond acceptors (Lipinski definition) is 5. The Kier molecular flexibility index (Phi) is 4.87. The molecule has 0 aliphatic heterocycles. The van der Waals surface area contributed by atoms with E-state index < -0.39 is 11.2 Å². The zero-order valence-electron chi connectivity index (χ0n) is 13.5. The van der Waals surface area contributed by atoms with Gasteiger partial charge in [-0.2, -0.15) is 4.37 Å². The number of amides is 1. The molecule has 0 fully saturated rings. The van der Waals surface area contributed by atoms with Gasteiger partial charge in [0.15, 0.2) is 5.52 Å². The Morgan fingerprint density at radius 2 is 2.12 bits per heavy atom. The van der Waals surface area contributed by atoms with Crippen LogP contribution in [0.1, 0.15) is 19.9 Å². The third kappa shape index (κ3) is 3.42. The minimum atomic E-state index is -0.517. The average molecular weight is 423 g/mol. The van der Waals surface area contributed by atoms with Gasteiger partial charge in [-0.3, -0.25) is 18.7 Å². The van der Waals surface area contributed by atoms with E-state index in [9.17, 15) is 14.4 Å². The van der Waals surface area contributed by atoms with Crippen molar-refractivity contribution in [3.8, 4) is 0 Å². The molecule has 130 valence electrons. The number of halogens is 1. The second kappa shape index (κ2) is 6.93. The molecule has 0 radical (unpaired) electrons. The van der Waals surface area contributed by atoms with E-state index in [4.69, 9.17) is 0 Å². The molecule has 7 nitrogen and oxygen atoms in total. The summed E-state index contributed by atoms with van der Waals surface area (Å²) in [5, 5.41) is 4.35. The summed E-state index contributed by atoms with van der Waals surface area (Å²) in [6, 6.07) is 6.83. The van der Waals surface area contributed by atoms with Crippen LogP contribution >= 0.6 is 27.5 Å². The first kappa shape index (κ1) is 17.6. The largest absolute Gasteiger partial charge is 0.332 e. The summed E-state index contributed by atoms with van der Waals surface area (Å²) >= 11 is 4.42. The highest BCUT2D eigenvalue weighted by Gasteiger charge is 2.18. The number of hydrogen-bond donors (Lipinski definition) is 1. The summed E-state index contributed by atoms with van der Waals surface area (Å²) in [6.45, 7) is 3.28. The molecular weight excluding hydrogens is 408 g/mol. The summed E-state index contributed by atoms with van der Waals surface area (Å²) < 4.78 is 7.31. The fraction of sp³-hybridized carbons (Fsp3) is 0.250. The second-order valence-electron chi connectivity index (χ2n) is 5.74. The van der Waals surface area contributed by atoms with Gasteiger partial charge < -0.3 is 5.32 Å². The Labute approximate surface area is 155 Å². The smallest absolute Gasteiger partial charge is 0.324 e. The van der Waals surface area contributed by atoms with E-state index >= 15 is 0 Å². The van der Waals surface area contributed by atoms with E-state index in [2.05, 4.69) is 25.6 Å². The molecule has 3 aromatic rings. The number of rotatable bonds is 4.